The van der Waals surface area contributed by atoms with E-state index in [1.807, 2.05) is 0 Å². The number of H-pyrrole nitrogens is 1. The molecule has 0 aliphatic carbocycles. The van der Waals surface area contributed by atoms with Crippen molar-refractivity contribution in [3.8, 4) is 0 Å². The Hall–Kier alpha value is -2.39. The lowest BCUT2D eigenvalue weighted by Gasteiger charge is -2.14. The summed E-state index contributed by atoms with van der Waals surface area (Å²) in [6.07, 6.45) is 0.774. The van der Waals surface area contributed by atoms with Crippen LogP contribution in [0.1, 0.15) is 53.3 Å². The zero-order valence-electron chi connectivity index (χ0n) is 16.0. The predicted molar refractivity (Wildman–Crippen MR) is 109 cm³/mol. The van der Waals surface area contributed by atoms with E-state index in [4.69, 9.17) is 14.5 Å². The molecule has 1 aromatic carbocycles. The Bertz CT molecular complexity index is 1120. The van der Waals surface area contributed by atoms with Crippen molar-refractivity contribution in [2.75, 3.05) is 6.16 Å². The monoisotopic (exact) mass is 454 g/mol. The highest BCUT2D eigenvalue weighted by Crippen LogP contribution is 2.35. The lowest BCUT2D eigenvalue weighted by Crippen LogP contribution is -2.12. The molecule has 1 atom stereocenters. The molecule has 3 rings (SSSR count). The van der Waals surface area contributed by atoms with Gasteiger partial charge in [0.25, 0.3) is 0 Å². The fourth-order valence-corrected chi connectivity index (χ4v) is 4.32. The van der Waals surface area contributed by atoms with Crippen LogP contribution < -0.4 is 0 Å². The summed E-state index contributed by atoms with van der Waals surface area (Å²) in [5.74, 6) is -1.32. The molecule has 8 nitrogen and oxygen atoms in total. The number of halogens is 1. The number of nitrogens with zero attached hydrogens (tertiary/aromatic N) is 1. The summed E-state index contributed by atoms with van der Waals surface area (Å²) in [6.45, 7) is 1.79. The van der Waals surface area contributed by atoms with Gasteiger partial charge in [-0.3, -0.25) is 14.2 Å². The van der Waals surface area contributed by atoms with Crippen LogP contribution in [0.5, 0.6) is 0 Å². The van der Waals surface area contributed by atoms with Crippen LogP contribution in [0.4, 0.5) is 4.39 Å². The van der Waals surface area contributed by atoms with Gasteiger partial charge in [-0.2, -0.15) is 0 Å². The van der Waals surface area contributed by atoms with Gasteiger partial charge in [0.15, 0.2) is 5.01 Å². The number of aromatic nitrogens is 2. The second-order valence-corrected chi connectivity index (χ2v) is 9.31. The maximum absolute atomic E-state index is 13.3. The van der Waals surface area contributed by atoms with Gasteiger partial charge in [-0.25, -0.2) is 9.37 Å². The van der Waals surface area contributed by atoms with Crippen LogP contribution in [0.3, 0.4) is 0 Å². The third-order valence-corrected chi connectivity index (χ3v) is 6.17. The highest BCUT2D eigenvalue weighted by molar-refractivity contribution is 7.51. The zero-order chi connectivity index (χ0) is 21.9. The first kappa shape index (κ1) is 22.3. The highest BCUT2D eigenvalue weighted by Gasteiger charge is 2.23. The van der Waals surface area contributed by atoms with Crippen molar-refractivity contribution in [2.45, 2.75) is 32.3 Å². The Morgan fingerprint density at radius 2 is 2.13 bits per heavy atom. The minimum atomic E-state index is -4.15. The molecule has 2 heterocycles. The van der Waals surface area contributed by atoms with Gasteiger partial charge in [0.2, 0.25) is 5.78 Å². The average molecular weight is 454 g/mol. The smallest absolute Gasteiger partial charge is 0.325 e. The van der Waals surface area contributed by atoms with Gasteiger partial charge in [-0.1, -0.05) is 6.92 Å². The van der Waals surface area contributed by atoms with E-state index in [1.54, 1.807) is 12.3 Å². The molecular formula is C19H20FN2O6PS. The van der Waals surface area contributed by atoms with Crippen molar-refractivity contribution >= 4 is 41.6 Å². The van der Waals surface area contributed by atoms with E-state index in [-0.39, 0.29) is 29.8 Å². The quantitative estimate of drug-likeness (QED) is 0.254. The maximum Gasteiger partial charge on any atom is 0.325 e. The van der Waals surface area contributed by atoms with Crippen molar-refractivity contribution < 1.29 is 33.1 Å². The normalized spacial score (nSPS) is 12.8. The van der Waals surface area contributed by atoms with Gasteiger partial charge in [0, 0.05) is 28.9 Å². The van der Waals surface area contributed by atoms with E-state index in [2.05, 4.69) is 9.97 Å². The number of hydrogen-bond donors (Lipinski definition) is 3. The summed E-state index contributed by atoms with van der Waals surface area (Å²) in [7, 11) is -4.15. The Balaban J connectivity index is 1.69. The standard InChI is InChI=1S/C19H20FN2O6PS/c1-2-16(28-17(23)4-3-7-29(25,26)27)15-10-30-19(22-15)18(24)13-9-21-14-8-11(20)5-6-12(13)14/h5-6,8-10,16,21H,2-4,7H2,1H3,(H2,25,26,27). The topological polar surface area (TPSA) is 130 Å². The Labute approximate surface area is 175 Å². The van der Waals surface area contributed by atoms with Crippen LogP contribution in [-0.2, 0) is 14.1 Å². The first-order chi connectivity index (χ1) is 14.2. The van der Waals surface area contributed by atoms with Crippen molar-refractivity contribution in [3.63, 3.8) is 0 Å². The van der Waals surface area contributed by atoms with Crippen molar-refractivity contribution in [1.29, 1.82) is 0 Å². The fraction of sp³-hybridized carbons (Fsp3) is 0.316. The van der Waals surface area contributed by atoms with Gasteiger partial charge >= 0.3 is 13.6 Å². The van der Waals surface area contributed by atoms with Gasteiger partial charge in [0.1, 0.15) is 11.9 Å². The molecule has 0 saturated heterocycles. The first-order valence-electron chi connectivity index (χ1n) is 9.18. The molecular weight excluding hydrogens is 434 g/mol. The van der Waals surface area contributed by atoms with E-state index < -0.39 is 25.5 Å². The van der Waals surface area contributed by atoms with Crippen LogP contribution in [-0.4, -0.2) is 37.7 Å². The lowest BCUT2D eigenvalue weighted by atomic mass is 10.1. The molecule has 0 fully saturated rings. The van der Waals surface area contributed by atoms with Gasteiger partial charge < -0.3 is 19.5 Å². The molecule has 0 aliphatic rings. The number of rotatable bonds is 9. The van der Waals surface area contributed by atoms with E-state index in [9.17, 15) is 18.5 Å². The van der Waals surface area contributed by atoms with Gasteiger partial charge in [-0.05, 0) is 31.0 Å². The number of thiazole rings is 1. The summed E-state index contributed by atoms with van der Waals surface area (Å²) in [4.78, 5) is 49.7. The lowest BCUT2D eigenvalue weighted by molar-refractivity contribution is -0.149. The third kappa shape index (κ3) is 5.40. The van der Waals surface area contributed by atoms with Gasteiger partial charge in [0.05, 0.1) is 17.4 Å². The summed E-state index contributed by atoms with van der Waals surface area (Å²) >= 11 is 1.12. The number of hydrogen-bond acceptors (Lipinski definition) is 6. The van der Waals surface area contributed by atoms with Crippen LogP contribution in [0, 0.1) is 5.82 Å². The molecule has 0 bridgehead atoms. The first-order valence-corrected chi connectivity index (χ1v) is 11.9. The SMILES string of the molecule is CCC(OC(=O)CCCP(=O)(O)O)c1csc(C(=O)c2c[nH]c3cc(F)ccc23)n1. The molecule has 3 aromatic rings. The molecule has 11 heteroatoms. The highest BCUT2D eigenvalue weighted by atomic mass is 32.1. The molecule has 160 valence electrons. The minimum absolute atomic E-state index is 0.0154. The molecule has 1 unspecified atom stereocenters. The zero-order valence-corrected chi connectivity index (χ0v) is 17.7. The molecule has 0 radical (unpaired) electrons. The number of aromatic amines is 1. The van der Waals surface area contributed by atoms with E-state index in [0.717, 1.165) is 11.3 Å². The minimum Gasteiger partial charge on any atom is -0.456 e. The Morgan fingerprint density at radius 3 is 2.83 bits per heavy atom. The fourth-order valence-electron chi connectivity index (χ4n) is 2.94. The molecule has 2 aromatic heterocycles. The van der Waals surface area contributed by atoms with Crippen molar-refractivity contribution in [1.82, 2.24) is 9.97 Å². The Morgan fingerprint density at radius 1 is 1.37 bits per heavy atom. The largest absolute Gasteiger partial charge is 0.456 e. The number of esters is 1. The number of carbonyl (C=O) groups excluding carboxylic acids is 2. The molecule has 0 saturated carbocycles. The number of carbonyl (C=O) groups is 2. The predicted octanol–water partition coefficient (Wildman–Crippen LogP) is 3.95. The van der Waals surface area contributed by atoms with E-state index >= 15 is 0 Å². The Kier molecular flexibility index (Phi) is 6.82. The van der Waals surface area contributed by atoms with Crippen molar-refractivity contribution in [3.05, 3.63) is 51.9 Å². The van der Waals surface area contributed by atoms with Crippen LogP contribution >= 0.6 is 18.9 Å². The summed E-state index contributed by atoms with van der Waals surface area (Å²) in [6, 6.07) is 4.11. The summed E-state index contributed by atoms with van der Waals surface area (Å²) in [5.41, 5.74) is 1.30. The van der Waals surface area contributed by atoms with E-state index in [0.29, 0.717) is 28.6 Å². The number of fused-ring (bicyclic) bond motifs is 1. The maximum atomic E-state index is 13.3. The second-order valence-electron chi connectivity index (χ2n) is 6.68. The number of benzene rings is 1. The molecule has 3 N–H and O–H groups in total. The number of ether oxygens (including phenoxy) is 1. The molecule has 0 spiro atoms. The second kappa shape index (κ2) is 9.18. The number of ketones is 1. The average Bonchev–Trinajstić information content (AvgIpc) is 3.31. The van der Waals surface area contributed by atoms with E-state index in [1.165, 1.54) is 24.4 Å². The molecule has 30 heavy (non-hydrogen) atoms. The van der Waals surface area contributed by atoms with Gasteiger partial charge in [-0.15, -0.1) is 11.3 Å². The number of nitrogens with one attached hydrogen (secondary N) is 1. The van der Waals surface area contributed by atoms with Crippen LogP contribution in [0.25, 0.3) is 10.9 Å². The molecule has 0 amide bonds. The third-order valence-electron chi connectivity index (χ3n) is 4.41. The van der Waals surface area contributed by atoms with Crippen LogP contribution in [0.15, 0.2) is 29.8 Å². The van der Waals surface area contributed by atoms with Crippen LogP contribution in [0.2, 0.25) is 0 Å². The summed E-state index contributed by atoms with van der Waals surface area (Å²) < 4.78 is 29.6. The summed E-state index contributed by atoms with van der Waals surface area (Å²) in [5, 5.41) is 2.44. The molecule has 0 aliphatic heterocycles. The van der Waals surface area contributed by atoms with Crippen molar-refractivity contribution in [2.24, 2.45) is 0 Å².